The van der Waals surface area contributed by atoms with E-state index in [1.165, 1.54) is 43.5 Å². The molecule has 1 amide bonds. The summed E-state index contributed by atoms with van der Waals surface area (Å²) in [6.45, 7) is 2.51. The van der Waals surface area contributed by atoms with Crippen LogP contribution in [0.25, 0.3) is 0 Å². The highest BCUT2D eigenvalue weighted by Gasteiger charge is 2.18. The average Bonchev–Trinajstić information content (AvgIpc) is 2.77. The molecule has 0 saturated heterocycles. The van der Waals surface area contributed by atoms with Crippen LogP contribution in [0.5, 0.6) is 5.75 Å². The van der Waals surface area contributed by atoms with Gasteiger partial charge in [-0.3, -0.25) is 9.52 Å². The number of halogens is 1. The highest BCUT2D eigenvalue weighted by Crippen LogP contribution is 2.20. The monoisotopic (exact) mass is 442 g/mol. The molecule has 0 aliphatic rings. The number of anilines is 1. The summed E-state index contributed by atoms with van der Waals surface area (Å²) in [5.74, 6) is -0.0109. The number of nitrogens with one attached hydrogen (secondary N) is 1. The fourth-order valence-electron chi connectivity index (χ4n) is 3.02. The van der Waals surface area contributed by atoms with Gasteiger partial charge in [0.2, 0.25) is 0 Å². The number of carbonyl (C=O) groups excluding carboxylic acids is 1. The summed E-state index contributed by atoms with van der Waals surface area (Å²) in [6, 6.07) is 18.3. The van der Waals surface area contributed by atoms with Crippen LogP contribution in [0.1, 0.15) is 22.8 Å². The zero-order chi connectivity index (χ0) is 22.4. The minimum Gasteiger partial charge on any atom is -0.497 e. The van der Waals surface area contributed by atoms with Gasteiger partial charge in [0.15, 0.2) is 0 Å². The van der Waals surface area contributed by atoms with Crippen molar-refractivity contribution in [3.05, 3.63) is 89.7 Å². The molecule has 3 aromatic rings. The van der Waals surface area contributed by atoms with Crippen LogP contribution in [0.3, 0.4) is 0 Å². The van der Waals surface area contributed by atoms with E-state index in [9.17, 15) is 17.6 Å². The Morgan fingerprint density at radius 2 is 1.71 bits per heavy atom. The summed E-state index contributed by atoms with van der Waals surface area (Å²) in [5.41, 5.74) is 1.42. The zero-order valence-corrected chi connectivity index (χ0v) is 18.0. The van der Waals surface area contributed by atoms with E-state index < -0.39 is 10.0 Å². The van der Waals surface area contributed by atoms with Crippen LogP contribution in [-0.4, -0.2) is 32.9 Å². The van der Waals surface area contributed by atoms with Crippen molar-refractivity contribution in [2.45, 2.75) is 18.4 Å². The van der Waals surface area contributed by atoms with Crippen LogP contribution >= 0.6 is 0 Å². The first-order valence-electron chi connectivity index (χ1n) is 9.63. The molecular weight excluding hydrogens is 419 g/mol. The Morgan fingerprint density at radius 3 is 2.29 bits per heavy atom. The lowest BCUT2D eigenvalue weighted by Gasteiger charge is -2.21. The number of ether oxygens (including phenoxy) is 1. The molecule has 0 aliphatic heterocycles. The molecule has 0 heterocycles. The maximum Gasteiger partial charge on any atom is 0.261 e. The Bertz CT molecular complexity index is 1150. The molecule has 0 aromatic heterocycles. The smallest absolute Gasteiger partial charge is 0.261 e. The van der Waals surface area contributed by atoms with Crippen LogP contribution in [0, 0.1) is 5.82 Å². The molecule has 1 N–H and O–H groups in total. The Labute approximate surface area is 181 Å². The molecule has 0 atom stereocenters. The third-order valence-corrected chi connectivity index (χ3v) is 6.08. The van der Waals surface area contributed by atoms with Gasteiger partial charge in [0.1, 0.15) is 11.6 Å². The first kappa shape index (κ1) is 22.3. The van der Waals surface area contributed by atoms with Crippen molar-refractivity contribution < 1.29 is 22.3 Å². The number of carbonyl (C=O) groups is 1. The van der Waals surface area contributed by atoms with E-state index in [-0.39, 0.29) is 23.2 Å². The lowest BCUT2D eigenvalue weighted by atomic mass is 10.1. The van der Waals surface area contributed by atoms with Gasteiger partial charge < -0.3 is 9.64 Å². The largest absolute Gasteiger partial charge is 0.497 e. The maximum absolute atomic E-state index is 13.4. The summed E-state index contributed by atoms with van der Waals surface area (Å²) in [6.07, 6.45) is 0. The van der Waals surface area contributed by atoms with E-state index in [2.05, 4.69) is 4.72 Å². The predicted octanol–water partition coefficient (Wildman–Crippen LogP) is 4.30. The number of nitrogens with zero attached hydrogens (tertiary/aromatic N) is 1. The number of hydrogen-bond donors (Lipinski definition) is 1. The molecule has 31 heavy (non-hydrogen) atoms. The molecule has 0 radical (unpaired) electrons. The number of methoxy groups -OCH3 is 1. The van der Waals surface area contributed by atoms with Gasteiger partial charge in [0.25, 0.3) is 15.9 Å². The first-order valence-corrected chi connectivity index (χ1v) is 11.1. The summed E-state index contributed by atoms with van der Waals surface area (Å²) < 4.78 is 46.2. The molecule has 162 valence electrons. The molecule has 6 nitrogen and oxygen atoms in total. The second-order valence-electron chi connectivity index (χ2n) is 6.81. The minimum atomic E-state index is -3.81. The van der Waals surface area contributed by atoms with Gasteiger partial charge in [-0.05, 0) is 73.2 Å². The summed E-state index contributed by atoms with van der Waals surface area (Å²) >= 11 is 0. The summed E-state index contributed by atoms with van der Waals surface area (Å²) in [4.78, 5) is 14.4. The molecule has 3 rings (SSSR count). The number of hydrogen-bond acceptors (Lipinski definition) is 4. The maximum atomic E-state index is 13.4. The Balaban J connectivity index is 1.73. The van der Waals surface area contributed by atoms with Crippen LogP contribution in [0.15, 0.2) is 77.7 Å². The quantitative estimate of drug-likeness (QED) is 0.565. The first-order chi connectivity index (χ1) is 14.8. The molecule has 0 spiro atoms. The van der Waals surface area contributed by atoms with Gasteiger partial charge in [0, 0.05) is 24.3 Å². The van der Waals surface area contributed by atoms with Crippen molar-refractivity contribution in [1.82, 2.24) is 4.90 Å². The van der Waals surface area contributed by atoms with Gasteiger partial charge in [-0.2, -0.15) is 0 Å². The zero-order valence-electron chi connectivity index (χ0n) is 17.2. The number of rotatable bonds is 8. The number of amides is 1. The lowest BCUT2D eigenvalue weighted by Crippen LogP contribution is -2.30. The van der Waals surface area contributed by atoms with E-state index in [4.69, 9.17) is 4.74 Å². The van der Waals surface area contributed by atoms with Gasteiger partial charge in [-0.15, -0.1) is 0 Å². The molecular formula is C23H23FN2O4S. The third kappa shape index (κ3) is 5.61. The molecule has 0 unspecified atom stereocenters. The SMILES string of the molecule is CCN(Cc1cccc(F)c1)C(=O)c1ccc(S(=O)(=O)Nc2ccc(OC)cc2)cc1. The topological polar surface area (TPSA) is 75.7 Å². The van der Waals surface area contributed by atoms with Crippen molar-refractivity contribution in [2.75, 3.05) is 18.4 Å². The second-order valence-corrected chi connectivity index (χ2v) is 8.49. The van der Waals surface area contributed by atoms with Crippen LogP contribution < -0.4 is 9.46 Å². The Kier molecular flexibility index (Phi) is 6.91. The molecule has 8 heteroatoms. The number of benzene rings is 3. The van der Waals surface area contributed by atoms with Crippen LogP contribution in [0.2, 0.25) is 0 Å². The van der Waals surface area contributed by atoms with Crippen molar-refractivity contribution in [1.29, 1.82) is 0 Å². The van der Waals surface area contributed by atoms with E-state index in [0.29, 0.717) is 29.1 Å². The molecule has 0 fully saturated rings. The molecule has 0 saturated carbocycles. The van der Waals surface area contributed by atoms with Crippen molar-refractivity contribution in [2.24, 2.45) is 0 Å². The normalized spacial score (nSPS) is 11.1. The average molecular weight is 443 g/mol. The second kappa shape index (κ2) is 9.61. The molecule has 0 aliphatic carbocycles. The lowest BCUT2D eigenvalue weighted by molar-refractivity contribution is 0.0752. The van der Waals surface area contributed by atoms with Crippen LogP contribution in [0.4, 0.5) is 10.1 Å². The molecule has 0 bridgehead atoms. The highest BCUT2D eigenvalue weighted by atomic mass is 32.2. The van der Waals surface area contributed by atoms with Gasteiger partial charge >= 0.3 is 0 Å². The highest BCUT2D eigenvalue weighted by molar-refractivity contribution is 7.92. The minimum absolute atomic E-state index is 0.0352. The third-order valence-electron chi connectivity index (χ3n) is 4.69. The van der Waals surface area contributed by atoms with Crippen molar-refractivity contribution in [3.63, 3.8) is 0 Å². The fraction of sp³-hybridized carbons (Fsp3) is 0.174. The van der Waals surface area contributed by atoms with E-state index in [1.54, 1.807) is 41.3 Å². The Morgan fingerprint density at radius 1 is 1.03 bits per heavy atom. The van der Waals surface area contributed by atoms with E-state index in [1.807, 2.05) is 6.92 Å². The molecule has 3 aromatic carbocycles. The van der Waals surface area contributed by atoms with Gasteiger partial charge in [-0.1, -0.05) is 12.1 Å². The van der Waals surface area contributed by atoms with E-state index in [0.717, 1.165) is 0 Å². The Hall–Kier alpha value is -3.39. The van der Waals surface area contributed by atoms with Crippen molar-refractivity contribution in [3.8, 4) is 5.75 Å². The van der Waals surface area contributed by atoms with Gasteiger partial charge in [0.05, 0.1) is 12.0 Å². The standard InChI is InChI=1S/C23H23FN2O4S/c1-3-26(16-17-5-4-6-19(24)15-17)23(27)18-7-13-22(14-8-18)31(28,29)25-20-9-11-21(30-2)12-10-20/h4-15,25H,3,16H2,1-2H3. The van der Waals surface area contributed by atoms with Gasteiger partial charge in [-0.25, -0.2) is 12.8 Å². The number of sulfonamides is 1. The van der Waals surface area contributed by atoms with Crippen molar-refractivity contribution >= 4 is 21.6 Å². The fourth-order valence-corrected chi connectivity index (χ4v) is 4.07. The summed E-state index contributed by atoms with van der Waals surface area (Å²) in [5, 5.41) is 0. The van der Waals surface area contributed by atoms with E-state index >= 15 is 0 Å². The predicted molar refractivity (Wildman–Crippen MR) is 117 cm³/mol. The van der Waals surface area contributed by atoms with Crippen LogP contribution in [-0.2, 0) is 16.6 Å². The summed E-state index contributed by atoms with van der Waals surface area (Å²) in [7, 11) is -2.28.